The number of rotatable bonds is 4. The predicted octanol–water partition coefficient (Wildman–Crippen LogP) is 0.459. The van der Waals surface area contributed by atoms with Gasteiger partial charge in [-0.25, -0.2) is 4.39 Å². The van der Waals surface area contributed by atoms with Crippen molar-refractivity contribution in [2.75, 3.05) is 13.2 Å². The van der Waals surface area contributed by atoms with Crippen molar-refractivity contribution in [2.24, 2.45) is 0 Å². The molecule has 2 N–H and O–H groups in total. The lowest BCUT2D eigenvalue weighted by Gasteiger charge is -2.27. The Morgan fingerprint density at radius 3 is 2.70 bits per heavy atom. The topological polar surface area (TPSA) is 32.3 Å². The van der Waals surface area contributed by atoms with Gasteiger partial charge in [0.05, 0.1) is 6.10 Å². The zero-order valence-corrected chi connectivity index (χ0v) is 6.02. The van der Waals surface area contributed by atoms with E-state index < -0.39 is 12.8 Å². The van der Waals surface area contributed by atoms with Crippen LogP contribution in [-0.4, -0.2) is 30.5 Å². The van der Waals surface area contributed by atoms with E-state index in [0.29, 0.717) is 12.6 Å². The first-order valence-corrected chi connectivity index (χ1v) is 3.80. The van der Waals surface area contributed by atoms with Crippen molar-refractivity contribution in [2.45, 2.75) is 31.4 Å². The number of halogens is 1. The van der Waals surface area contributed by atoms with Gasteiger partial charge in [0, 0.05) is 12.6 Å². The van der Waals surface area contributed by atoms with Gasteiger partial charge in [0.2, 0.25) is 0 Å². The molecule has 1 unspecified atom stereocenters. The smallest absolute Gasteiger partial charge is 0.117 e. The highest BCUT2D eigenvalue weighted by Gasteiger charge is 2.17. The van der Waals surface area contributed by atoms with Gasteiger partial charge in [0.25, 0.3) is 0 Å². The molecule has 10 heavy (non-hydrogen) atoms. The Morgan fingerprint density at radius 1 is 1.60 bits per heavy atom. The summed E-state index contributed by atoms with van der Waals surface area (Å²) in [5, 5.41) is 11.9. The van der Waals surface area contributed by atoms with Gasteiger partial charge in [-0.3, -0.25) is 0 Å². The number of alkyl halides is 1. The lowest BCUT2D eigenvalue weighted by Crippen LogP contribution is -2.40. The molecule has 1 fully saturated rings. The summed E-state index contributed by atoms with van der Waals surface area (Å²) in [7, 11) is 0. The summed E-state index contributed by atoms with van der Waals surface area (Å²) in [4.78, 5) is 0. The number of aliphatic hydroxyl groups is 1. The SMILES string of the molecule is OC(CF)CNC1CCC1. The molecule has 0 aliphatic heterocycles. The molecule has 1 aliphatic carbocycles. The third-order valence-electron chi connectivity index (χ3n) is 1.93. The molecular formula is C7H14FNO. The average molecular weight is 147 g/mol. The largest absolute Gasteiger partial charge is 0.389 e. The van der Waals surface area contributed by atoms with Gasteiger partial charge in [-0.2, -0.15) is 0 Å². The van der Waals surface area contributed by atoms with Crippen LogP contribution in [0.1, 0.15) is 19.3 Å². The first-order chi connectivity index (χ1) is 4.83. The van der Waals surface area contributed by atoms with E-state index in [1.165, 1.54) is 19.3 Å². The molecule has 3 heteroatoms. The second-order valence-corrected chi connectivity index (χ2v) is 2.84. The molecule has 2 nitrogen and oxygen atoms in total. The van der Waals surface area contributed by atoms with Crippen LogP contribution in [0.2, 0.25) is 0 Å². The third kappa shape index (κ3) is 2.23. The van der Waals surface area contributed by atoms with Crippen LogP contribution in [0.15, 0.2) is 0 Å². The van der Waals surface area contributed by atoms with Crippen LogP contribution in [0.3, 0.4) is 0 Å². The minimum Gasteiger partial charge on any atom is -0.389 e. The highest BCUT2D eigenvalue weighted by molar-refractivity contribution is 4.77. The quantitative estimate of drug-likeness (QED) is 0.605. The van der Waals surface area contributed by atoms with Crippen LogP contribution < -0.4 is 5.32 Å². The summed E-state index contributed by atoms with van der Waals surface area (Å²) in [6, 6.07) is 0.543. The molecular weight excluding hydrogens is 133 g/mol. The van der Waals surface area contributed by atoms with Gasteiger partial charge in [-0.1, -0.05) is 6.42 Å². The summed E-state index contributed by atoms with van der Waals surface area (Å²) in [6.07, 6.45) is 2.82. The molecule has 1 rings (SSSR count). The predicted molar refractivity (Wildman–Crippen MR) is 37.6 cm³/mol. The van der Waals surface area contributed by atoms with E-state index in [1.54, 1.807) is 0 Å². The molecule has 0 radical (unpaired) electrons. The summed E-state index contributed by atoms with van der Waals surface area (Å²) in [5.41, 5.74) is 0. The van der Waals surface area contributed by atoms with E-state index >= 15 is 0 Å². The fourth-order valence-corrected chi connectivity index (χ4v) is 0.970. The van der Waals surface area contributed by atoms with Crippen LogP contribution >= 0.6 is 0 Å². The molecule has 60 valence electrons. The van der Waals surface area contributed by atoms with Crippen LogP contribution in [0.25, 0.3) is 0 Å². The number of nitrogens with one attached hydrogen (secondary N) is 1. The van der Waals surface area contributed by atoms with Crippen molar-refractivity contribution in [3.63, 3.8) is 0 Å². The minimum atomic E-state index is -0.805. The van der Waals surface area contributed by atoms with Gasteiger partial charge in [0.15, 0.2) is 0 Å². The summed E-state index contributed by atoms with van der Waals surface area (Å²) in [5.74, 6) is 0. The van der Waals surface area contributed by atoms with E-state index in [4.69, 9.17) is 5.11 Å². The third-order valence-corrected chi connectivity index (χ3v) is 1.93. The molecule has 0 aromatic rings. The van der Waals surface area contributed by atoms with Gasteiger partial charge in [0.1, 0.15) is 6.67 Å². The molecule has 0 spiro atoms. The average Bonchev–Trinajstić information content (AvgIpc) is 1.84. The maximum Gasteiger partial charge on any atom is 0.117 e. The fraction of sp³-hybridized carbons (Fsp3) is 1.00. The van der Waals surface area contributed by atoms with Crippen LogP contribution in [-0.2, 0) is 0 Å². The van der Waals surface area contributed by atoms with Crippen molar-refractivity contribution in [1.82, 2.24) is 5.32 Å². The molecule has 0 amide bonds. The lowest BCUT2D eigenvalue weighted by molar-refractivity contribution is 0.128. The molecule has 1 aliphatic rings. The molecule has 0 aromatic carbocycles. The Hall–Kier alpha value is -0.150. The Kier molecular flexibility index (Phi) is 3.09. The maximum absolute atomic E-state index is 11.7. The molecule has 0 aromatic heterocycles. The molecule has 1 saturated carbocycles. The Labute approximate surface area is 60.4 Å². The monoisotopic (exact) mass is 147 g/mol. The van der Waals surface area contributed by atoms with Gasteiger partial charge >= 0.3 is 0 Å². The second-order valence-electron chi connectivity index (χ2n) is 2.84. The molecule has 1 atom stereocenters. The van der Waals surface area contributed by atoms with Crippen molar-refractivity contribution in [1.29, 1.82) is 0 Å². The normalized spacial score (nSPS) is 22.2. The maximum atomic E-state index is 11.7. The Balaban J connectivity index is 1.93. The van der Waals surface area contributed by atoms with E-state index in [0.717, 1.165) is 0 Å². The second kappa shape index (κ2) is 3.88. The van der Waals surface area contributed by atoms with E-state index in [-0.39, 0.29) is 0 Å². The summed E-state index contributed by atoms with van der Waals surface area (Å²) in [6.45, 7) is -0.235. The summed E-state index contributed by atoms with van der Waals surface area (Å²) >= 11 is 0. The molecule has 0 bridgehead atoms. The lowest BCUT2D eigenvalue weighted by atomic mass is 9.93. The molecule has 0 heterocycles. The zero-order chi connectivity index (χ0) is 7.40. The van der Waals surface area contributed by atoms with Crippen molar-refractivity contribution < 1.29 is 9.50 Å². The Morgan fingerprint density at radius 2 is 2.30 bits per heavy atom. The van der Waals surface area contributed by atoms with Gasteiger partial charge in [-0.05, 0) is 12.8 Å². The Bertz CT molecular complexity index is 90.9. The number of hydrogen-bond donors (Lipinski definition) is 2. The van der Waals surface area contributed by atoms with E-state index in [1.807, 2.05) is 0 Å². The van der Waals surface area contributed by atoms with Gasteiger partial charge < -0.3 is 10.4 Å². The standard InChI is InChI=1S/C7H14FNO/c8-4-7(10)5-9-6-2-1-3-6/h6-7,9-10H,1-5H2. The number of hydrogen-bond acceptors (Lipinski definition) is 2. The van der Waals surface area contributed by atoms with Crippen LogP contribution in [0, 0.1) is 0 Å². The van der Waals surface area contributed by atoms with E-state index in [2.05, 4.69) is 5.32 Å². The number of aliphatic hydroxyl groups excluding tert-OH is 1. The first-order valence-electron chi connectivity index (χ1n) is 3.80. The van der Waals surface area contributed by atoms with Crippen molar-refractivity contribution >= 4 is 0 Å². The van der Waals surface area contributed by atoms with Gasteiger partial charge in [-0.15, -0.1) is 0 Å². The fourth-order valence-electron chi connectivity index (χ4n) is 0.970. The van der Waals surface area contributed by atoms with Crippen LogP contribution in [0.4, 0.5) is 4.39 Å². The highest BCUT2D eigenvalue weighted by Crippen LogP contribution is 2.17. The van der Waals surface area contributed by atoms with Crippen molar-refractivity contribution in [3.05, 3.63) is 0 Å². The van der Waals surface area contributed by atoms with Crippen molar-refractivity contribution in [3.8, 4) is 0 Å². The van der Waals surface area contributed by atoms with Crippen LogP contribution in [0.5, 0.6) is 0 Å². The highest BCUT2D eigenvalue weighted by atomic mass is 19.1. The first kappa shape index (κ1) is 7.95. The minimum absolute atomic E-state index is 0.404. The summed E-state index contributed by atoms with van der Waals surface area (Å²) < 4.78 is 11.7. The van der Waals surface area contributed by atoms with E-state index in [9.17, 15) is 4.39 Å². The molecule has 0 saturated heterocycles. The zero-order valence-electron chi connectivity index (χ0n) is 6.02.